The molecule has 1 fully saturated rings. The fourth-order valence-corrected chi connectivity index (χ4v) is 2.60. The van der Waals surface area contributed by atoms with Crippen molar-refractivity contribution in [3.05, 3.63) is 11.7 Å². The molecule has 1 unspecified atom stereocenters. The second kappa shape index (κ2) is 8.17. The molecular weight excluding hydrogens is 324 g/mol. The van der Waals surface area contributed by atoms with Gasteiger partial charge in [0.15, 0.2) is 11.8 Å². The molecule has 1 aliphatic rings. The van der Waals surface area contributed by atoms with Gasteiger partial charge in [0.1, 0.15) is 5.60 Å². The summed E-state index contributed by atoms with van der Waals surface area (Å²) >= 11 is 0. The van der Waals surface area contributed by atoms with Gasteiger partial charge in [-0.3, -0.25) is 4.99 Å². The first kappa shape index (κ1) is 19.0. The quantitative estimate of drug-likeness (QED) is 0.617. The van der Waals surface area contributed by atoms with Crippen LogP contribution in [-0.2, 0) is 11.2 Å². The second-order valence-corrected chi connectivity index (χ2v) is 7.04. The third-order valence-electron chi connectivity index (χ3n) is 3.61. The highest BCUT2D eigenvalue weighted by Crippen LogP contribution is 2.12. The molecule has 2 heterocycles. The van der Waals surface area contributed by atoms with Crippen LogP contribution in [0.3, 0.4) is 0 Å². The van der Waals surface area contributed by atoms with Crippen molar-refractivity contribution in [2.24, 2.45) is 4.99 Å². The number of amides is 1. The van der Waals surface area contributed by atoms with Crippen molar-refractivity contribution in [3.8, 4) is 0 Å². The van der Waals surface area contributed by atoms with Crippen LogP contribution < -0.4 is 10.6 Å². The molecular formula is C16H28N6O3. The van der Waals surface area contributed by atoms with Crippen molar-refractivity contribution in [2.75, 3.05) is 26.7 Å². The molecule has 0 spiro atoms. The Morgan fingerprint density at radius 3 is 2.84 bits per heavy atom. The van der Waals surface area contributed by atoms with Gasteiger partial charge >= 0.3 is 6.09 Å². The van der Waals surface area contributed by atoms with Crippen LogP contribution in [0.5, 0.6) is 0 Å². The number of carbonyl (C=O) groups excluding carboxylic acids is 1. The van der Waals surface area contributed by atoms with Crippen molar-refractivity contribution in [1.82, 2.24) is 25.7 Å². The number of aliphatic imine (C=N–C) groups is 1. The van der Waals surface area contributed by atoms with E-state index in [-0.39, 0.29) is 12.1 Å². The lowest BCUT2D eigenvalue weighted by Gasteiger charge is -2.23. The van der Waals surface area contributed by atoms with Crippen molar-refractivity contribution in [1.29, 1.82) is 0 Å². The number of aryl methyl sites for hydroxylation is 1. The molecule has 1 amide bonds. The van der Waals surface area contributed by atoms with Gasteiger partial charge in [-0.05, 0) is 34.1 Å². The van der Waals surface area contributed by atoms with Crippen LogP contribution >= 0.6 is 0 Å². The number of hydrogen-bond acceptors (Lipinski definition) is 6. The van der Waals surface area contributed by atoms with E-state index in [4.69, 9.17) is 9.26 Å². The number of likely N-dealkylation sites (tertiary alicyclic amines) is 1. The molecule has 1 aromatic rings. The third kappa shape index (κ3) is 6.24. The minimum Gasteiger partial charge on any atom is -0.444 e. The van der Waals surface area contributed by atoms with E-state index in [0.717, 1.165) is 18.9 Å². The molecule has 1 aromatic heterocycles. The zero-order valence-electron chi connectivity index (χ0n) is 15.6. The number of rotatable bonds is 4. The van der Waals surface area contributed by atoms with Crippen LogP contribution in [0.15, 0.2) is 9.52 Å². The summed E-state index contributed by atoms with van der Waals surface area (Å²) in [6, 6.07) is 0.0481. The number of alkyl carbamates (subject to hydrolysis) is 1. The number of aromatic nitrogens is 2. The summed E-state index contributed by atoms with van der Waals surface area (Å²) in [7, 11) is 1.74. The van der Waals surface area contributed by atoms with Gasteiger partial charge < -0.3 is 24.8 Å². The largest absolute Gasteiger partial charge is 0.444 e. The standard InChI is InChI=1S/C16H28N6O3/c1-11-19-13(25-21-11)6-8-18-14(17-5)22-9-7-12(10-22)20-15(23)24-16(2,3)4/h12H,6-10H2,1-5H3,(H,17,18)(H,20,23). The van der Waals surface area contributed by atoms with Crippen molar-refractivity contribution < 1.29 is 14.1 Å². The molecule has 140 valence electrons. The summed E-state index contributed by atoms with van der Waals surface area (Å²) in [6.07, 6.45) is 1.10. The summed E-state index contributed by atoms with van der Waals surface area (Å²) in [4.78, 5) is 22.5. The predicted octanol–water partition coefficient (Wildman–Crippen LogP) is 1.09. The Labute approximate surface area is 148 Å². The maximum Gasteiger partial charge on any atom is 0.407 e. The number of nitrogens with one attached hydrogen (secondary N) is 2. The van der Waals surface area contributed by atoms with Crippen LogP contribution in [0.25, 0.3) is 0 Å². The highest BCUT2D eigenvalue weighted by molar-refractivity contribution is 5.80. The minimum atomic E-state index is -0.493. The van der Waals surface area contributed by atoms with Crippen molar-refractivity contribution >= 4 is 12.1 Å². The molecule has 0 bridgehead atoms. The van der Waals surface area contributed by atoms with Crippen molar-refractivity contribution in [3.63, 3.8) is 0 Å². The van der Waals surface area contributed by atoms with Gasteiger partial charge in [-0.1, -0.05) is 5.16 Å². The Morgan fingerprint density at radius 2 is 2.24 bits per heavy atom. The highest BCUT2D eigenvalue weighted by Gasteiger charge is 2.27. The van der Waals surface area contributed by atoms with Gasteiger partial charge in [0.25, 0.3) is 0 Å². The highest BCUT2D eigenvalue weighted by atomic mass is 16.6. The van der Waals surface area contributed by atoms with Crippen LogP contribution in [-0.4, -0.2) is 65.4 Å². The van der Waals surface area contributed by atoms with E-state index in [1.54, 1.807) is 14.0 Å². The Kier molecular flexibility index (Phi) is 6.22. The smallest absolute Gasteiger partial charge is 0.407 e. The summed E-state index contributed by atoms with van der Waals surface area (Å²) in [6.45, 7) is 9.51. The molecule has 1 atom stereocenters. The average Bonchev–Trinajstić information content (AvgIpc) is 3.11. The van der Waals surface area contributed by atoms with Gasteiger partial charge in [0.2, 0.25) is 5.89 Å². The van der Waals surface area contributed by atoms with Crippen LogP contribution in [0.1, 0.15) is 38.9 Å². The maximum absolute atomic E-state index is 11.9. The summed E-state index contributed by atoms with van der Waals surface area (Å²) in [5.41, 5.74) is -0.493. The molecule has 0 aromatic carbocycles. The summed E-state index contributed by atoms with van der Waals surface area (Å²) in [5, 5.41) is 9.96. The topological polar surface area (TPSA) is 105 Å². The molecule has 9 heteroatoms. The maximum atomic E-state index is 11.9. The van der Waals surface area contributed by atoms with E-state index < -0.39 is 5.60 Å². The lowest BCUT2D eigenvalue weighted by atomic mass is 10.2. The van der Waals surface area contributed by atoms with E-state index >= 15 is 0 Å². The molecule has 25 heavy (non-hydrogen) atoms. The molecule has 2 N–H and O–H groups in total. The van der Waals surface area contributed by atoms with E-state index in [0.29, 0.717) is 31.2 Å². The lowest BCUT2D eigenvalue weighted by molar-refractivity contribution is 0.0507. The van der Waals surface area contributed by atoms with E-state index in [1.165, 1.54) is 0 Å². The van der Waals surface area contributed by atoms with Gasteiger partial charge in [-0.25, -0.2) is 4.79 Å². The Hall–Kier alpha value is -2.32. The van der Waals surface area contributed by atoms with Crippen LogP contribution in [0, 0.1) is 6.92 Å². The second-order valence-electron chi connectivity index (χ2n) is 7.04. The normalized spacial score (nSPS) is 18.4. The number of hydrogen-bond donors (Lipinski definition) is 2. The lowest BCUT2D eigenvalue weighted by Crippen LogP contribution is -2.44. The van der Waals surface area contributed by atoms with E-state index in [1.807, 2.05) is 20.8 Å². The molecule has 0 aliphatic carbocycles. The molecule has 0 radical (unpaired) electrons. The zero-order valence-corrected chi connectivity index (χ0v) is 15.6. The fourth-order valence-electron chi connectivity index (χ4n) is 2.60. The van der Waals surface area contributed by atoms with Crippen LogP contribution in [0.2, 0.25) is 0 Å². The SMILES string of the molecule is CN=C(NCCc1nc(C)no1)N1CCC(NC(=O)OC(C)(C)C)C1. The fraction of sp³-hybridized carbons (Fsp3) is 0.750. The number of carbonyl (C=O) groups is 1. The molecule has 0 saturated carbocycles. The molecule has 2 rings (SSSR count). The molecule has 9 nitrogen and oxygen atoms in total. The number of nitrogens with zero attached hydrogens (tertiary/aromatic N) is 4. The minimum absolute atomic E-state index is 0.0481. The third-order valence-corrected chi connectivity index (χ3v) is 3.61. The Bertz CT molecular complexity index is 607. The Morgan fingerprint density at radius 1 is 1.48 bits per heavy atom. The first-order chi connectivity index (χ1) is 11.8. The van der Waals surface area contributed by atoms with Gasteiger partial charge in [-0.2, -0.15) is 4.98 Å². The first-order valence-electron chi connectivity index (χ1n) is 8.51. The van der Waals surface area contributed by atoms with Gasteiger partial charge in [-0.15, -0.1) is 0 Å². The Balaban J connectivity index is 1.75. The van der Waals surface area contributed by atoms with E-state index in [2.05, 4.69) is 30.7 Å². The summed E-state index contributed by atoms with van der Waals surface area (Å²) in [5.74, 6) is 2.03. The number of ether oxygens (including phenoxy) is 1. The zero-order chi connectivity index (χ0) is 18.4. The predicted molar refractivity (Wildman–Crippen MR) is 93.4 cm³/mol. The van der Waals surface area contributed by atoms with Crippen LogP contribution in [0.4, 0.5) is 4.79 Å². The molecule has 1 aliphatic heterocycles. The van der Waals surface area contributed by atoms with Gasteiger partial charge in [0, 0.05) is 33.1 Å². The summed E-state index contributed by atoms with van der Waals surface area (Å²) < 4.78 is 10.4. The molecule has 1 saturated heterocycles. The van der Waals surface area contributed by atoms with E-state index in [9.17, 15) is 4.79 Å². The monoisotopic (exact) mass is 352 g/mol. The van der Waals surface area contributed by atoms with Gasteiger partial charge in [0.05, 0.1) is 6.04 Å². The first-order valence-corrected chi connectivity index (χ1v) is 8.51. The average molecular weight is 352 g/mol. The van der Waals surface area contributed by atoms with Crippen molar-refractivity contribution in [2.45, 2.75) is 52.2 Å². The number of guanidine groups is 1.